The van der Waals surface area contributed by atoms with Gasteiger partial charge in [0.15, 0.2) is 0 Å². The maximum Gasteiger partial charge on any atom is 0.147 e. The molecule has 0 fully saturated rings. The lowest BCUT2D eigenvalue weighted by atomic mass is 10.1. The molecule has 1 heterocycles. The van der Waals surface area contributed by atoms with Crippen LogP contribution in [0.25, 0.3) is 0 Å². The first kappa shape index (κ1) is 14.3. The summed E-state index contributed by atoms with van der Waals surface area (Å²) < 4.78 is 0.827. The number of thioether (sulfide) groups is 1. The molecule has 0 spiro atoms. The molecule has 0 saturated carbocycles. The fourth-order valence-corrected chi connectivity index (χ4v) is 2.81. The van der Waals surface area contributed by atoms with Gasteiger partial charge in [-0.15, -0.1) is 0 Å². The molecular weight excluding hydrogens is 308 g/mol. The van der Waals surface area contributed by atoms with E-state index in [0.29, 0.717) is 11.1 Å². The van der Waals surface area contributed by atoms with Crippen LogP contribution in [0.4, 0.5) is 0 Å². The molecule has 0 saturated heterocycles. The molecule has 0 bridgehead atoms. The fourth-order valence-electron chi connectivity index (χ4n) is 1.24. The zero-order valence-electron chi connectivity index (χ0n) is 9.76. The van der Waals surface area contributed by atoms with Crippen molar-refractivity contribution in [2.75, 3.05) is 5.75 Å². The molecule has 90 valence electrons. The lowest BCUT2D eigenvalue weighted by Gasteiger charge is -2.10. The van der Waals surface area contributed by atoms with Crippen molar-refractivity contribution in [1.82, 2.24) is 9.97 Å². The molecule has 0 aliphatic carbocycles. The van der Waals surface area contributed by atoms with E-state index in [1.165, 1.54) is 6.42 Å². The average molecular weight is 324 g/mol. The van der Waals surface area contributed by atoms with Crippen LogP contribution >= 0.6 is 39.3 Å². The topological polar surface area (TPSA) is 25.8 Å². The van der Waals surface area contributed by atoms with Crippen LogP contribution in [0.1, 0.15) is 44.6 Å². The molecule has 0 aliphatic heterocycles. The Morgan fingerprint density at radius 1 is 1.38 bits per heavy atom. The third-order valence-corrected chi connectivity index (χ3v) is 4.45. The Morgan fingerprint density at radius 2 is 2.06 bits per heavy atom. The van der Waals surface area contributed by atoms with Gasteiger partial charge in [-0.1, -0.05) is 32.4 Å². The summed E-state index contributed by atoms with van der Waals surface area (Å²) in [5.41, 5.74) is 0.993. The van der Waals surface area contributed by atoms with Gasteiger partial charge in [-0.25, -0.2) is 9.97 Å². The van der Waals surface area contributed by atoms with Crippen LogP contribution in [0.5, 0.6) is 0 Å². The number of aromatic nitrogens is 2. The monoisotopic (exact) mass is 322 g/mol. The molecule has 0 aliphatic rings. The third kappa shape index (κ3) is 3.90. The van der Waals surface area contributed by atoms with Gasteiger partial charge in [-0.3, -0.25) is 0 Å². The zero-order valence-corrected chi connectivity index (χ0v) is 12.9. The van der Waals surface area contributed by atoms with Gasteiger partial charge in [-0.05, 0) is 34.0 Å². The molecular formula is C11H16BrClN2S. The van der Waals surface area contributed by atoms with Gasteiger partial charge in [0.25, 0.3) is 0 Å². The van der Waals surface area contributed by atoms with E-state index >= 15 is 0 Å². The number of hydrogen-bond donors (Lipinski definition) is 0. The van der Waals surface area contributed by atoms with Crippen LogP contribution in [-0.4, -0.2) is 15.7 Å². The summed E-state index contributed by atoms with van der Waals surface area (Å²) in [5.74, 6) is 3.15. The molecule has 0 N–H and O–H groups in total. The average Bonchev–Trinajstić information content (AvgIpc) is 2.23. The van der Waals surface area contributed by atoms with Gasteiger partial charge in [0.1, 0.15) is 11.0 Å². The van der Waals surface area contributed by atoms with Gasteiger partial charge in [-0.2, -0.15) is 11.8 Å². The van der Waals surface area contributed by atoms with E-state index < -0.39 is 0 Å². The van der Waals surface area contributed by atoms with Crippen LogP contribution in [0.15, 0.2) is 4.47 Å². The van der Waals surface area contributed by atoms with E-state index in [1.54, 1.807) is 0 Å². The van der Waals surface area contributed by atoms with Gasteiger partial charge in [0.2, 0.25) is 0 Å². The normalized spacial score (nSPS) is 11.1. The van der Waals surface area contributed by atoms with E-state index in [0.717, 1.165) is 27.5 Å². The summed E-state index contributed by atoms with van der Waals surface area (Å²) in [4.78, 5) is 8.82. The highest BCUT2D eigenvalue weighted by Crippen LogP contribution is 2.29. The molecule has 1 rings (SSSR count). The second kappa shape index (κ2) is 6.82. The van der Waals surface area contributed by atoms with Crippen LogP contribution in [0, 0.1) is 0 Å². The molecule has 5 heteroatoms. The molecule has 1 aromatic rings. The van der Waals surface area contributed by atoms with Crippen molar-refractivity contribution in [1.29, 1.82) is 0 Å². The Bertz CT molecular complexity index is 358. The summed E-state index contributed by atoms with van der Waals surface area (Å²) in [6, 6.07) is 0. The van der Waals surface area contributed by atoms with Crippen molar-refractivity contribution in [2.24, 2.45) is 0 Å². The van der Waals surface area contributed by atoms with Crippen LogP contribution < -0.4 is 0 Å². The van der Waals surface area contributed by atoms with E-state index in [2.05, 4.69) is 46.7 Å². The maximum atomic E-state index is 6.07. The highest BCUT2D eigenvalue weighted by Gasteiger charge is 2.13. The van der Waals surface area contributed by atoms with Gasteiger partial charge in [0, 0.05) is 0 Å². The summed E-state index contributed by atoms with van der Waals surface area (Å²) >= 11 is 11.3. The van der Waals surface area contributed by atoms with E-state index in [-0.39, 0.29) is 0 Å². The number of nitrogens with zero attached hydrogens (tertiary/aromatic N) is 2. The second-order valence-corrected chi connectivity index (χ2v) is 6.09. The quantitative estimate of drug-likeness (QED) is 0.582. The minimum Gasteiger partial charge on any atom is -0.235 e. The van der Waals surface area contributed by atoms with Gasteiger partial charge in [0.05, 0.1) is 15.9 Å². The molecule has 16 heavy (non-hydrogen) atoms. The molecule has 0 amide bonds. The lowest BCUT2D eigenvalue weighted by Crippen LogP contribution is -2.02. The molecule has 0 radical (unpaired) electrons. The zero-order chi connectivity index (χ0) is 12.1. The summed E-state index contributed by atoms with van der Waals surface area (Å²) in [6.07, 6.45) is 1.17. The van der Waals surface area contributed by atoms with Crippen LogP contribution in [-0.2, 0) is 5.75 Å². The Morgan fingerprint density at radius 3 is 2.62 bits per heavy atom. The Kier molecular flexibility index (Phi) is 6.08. The van der Waals surface area contributed by atoms with Gasteiger partial charge >= 0.3 is 0 Å². The van der Waals surface area contributed by atoms with E-state index in [4.69, 9.17) is 11.6 Å². The molecule has 0 atom stereocenters. The largest absolute Gasteiger partial charge is 0.235 e. The SMILES string of the molecule is CCCSCc1nc(Cl)c(Br)c(C(C)C)n1. The third-order valence-electron chi connectivity index (χ3n) is 2.01. The van der Waals surface area contributed by atoms with Crippen molar-refractivity contribution in [2.45, 2.75) is 38.9 Å². The Balaban J connectivity index is 2.86. The van der Waals surface area contributed by atoms with Crippen molar-refractivity contribution in [3.8, 4) is 0 Å². The molecule has 0 unspecified atom stereocenters. The second-order valence-electron chi connectivity index (χ2n) is 3.84. The number of hydrogen-bond acceptors (Lipinski definition) is 3. The van der Waals surface area contributed by atoms with Crippen molar-refractivity contribution in [3.05, 3.63) is 21.1 Å². The smallest absolute Gasteiger partial charge is 0.147 e. The first-order valence-electron chi connectivity index (χ1n) is 5.35. The molecule has 0 aromatic carbocycles. The summed E-state index contributed by atoms with van der Waals surface area (Å²) in [5, 5.41) is 0.519. The highest BCUT2D eigenvalue weighted by molar-refractivity contribution is 9.10. The van der Waals surface area contributed by atoms with Crippen LogP contribution in [0.2, 0.25) is 5.15 Å². The molecule has 2 nitrogen and oxygen atoms in total. The number of rotatable bonds is 5. The Labute approximate surface area is 115 Å². The molecule has 1 aromatic heterocycles. The Hall–Kier alpha value is 0.200. The van der Waals surface area contributed by atoms with E-state index in [1.807, 2.05) is 11.8 Å². The first-order valence-corrected chi connectivity index (χ1v) is 7.68. The minimum atomic E-state index is 0.352. The first-order chi connectivity index (χ1) is 7.56. The predicted molar refractivity (Wildman–Crippen MR) is 75.3 cm³/mol. The van der Waals surface area contributed by atoms with Gasteiger partial charge < -0.3 is 0 Å². The van der Waals surface area contributed by atoms with Crippen molar-refractivity contribution in [3.63, 3.8) is 0 Å². The van der Waals surface area contributed by atoms with Crippen molar-refractivity contribution < 1.29 is 0 Å². The van der Waals surface area contributed by atoms with Crippen LogP contribution in [0.3, 0.4) is 0 Å². The maximum absolute atomic E-state index is 6.07. The number of halogens is 2. The van der Waals surface area contributed by atoms with Crippen molar-refractivity contribution >= 4 is 39.3 Å². The lowest BCUT2D eigenvalue weighted by molar-refractivity contribution is 0.791. The summed E-state index contributed by atoms with van der Waals surface area (Å²) in [7, 11) is 0. The summed E-state index contributed by atoms with van der Waals surface area (Å²) in [6.45, 7) is 6.38. The standard InChI is InChI=1S/C11H16BrClN2S/c1-4-5-16-6-8-14-10(7(2)3)9(12)11(13)15-8/h7H,4-6H2,1-3H3. The van der Waals surface area contributed by atoms with E-state index in [9.17, 15) is 0 Å². The predicted octanol–water partition coefficient (Wildman–Crippen LogP) is 4.66. The highest BCUT2D eigenvalue weighted by atomic mass is 79.9. The minimum absolute atomic E-state index is 0.352. The fraction of sp³-hybridized carbons (Fsp3) is 0.636.